The number of carbonyl (C=O) groups is 2. The third kappa shape index (κ3) is 4.78. The largest absolute Gasteiger partial charge is 0.471 e. The van der Waals surface area contributed by atoms with Crippen molar-refractivity contribution in [2.24, 2.45) is 0 Å². The SMILES string of the molecule is COC(=O)c1cc(C)cc(-c2ccc(C3CCN(C(=O)C(F)(F)F)CC3)cc2)c1. The van der Waals surface area contributed by atoms with Gasteiger partial charge in [0.2, 0.25) is 0 Å². The lowest BCUT2D eigenvalue weighted by Gasteiger charge is -2.32. The maximum atomic E-state index is 12.6. The highest BCUT2D eigenvalue weighted by Crippen LogP contribution is 2.32. The minimum Gasteiger partial charge on any atom is -0.465 e. The van der Waals surface area contributed by atoms with Crippen LogP contribution in [0.5, 0.6) is 0 Å². The van der Waals surface area contributed by atoms with Gasteiger partial charge in [0.1, 0.15) is 0 Å². The fourth-order valence-electron chi connectivity index (χ4n) is 3.73. The van der Waals surface area contributed by atoms with E-state index in [9.17, 15) is 22.8 Å². The summed E-state index contributed by atoms with van der Waals surface area (Å²) in [5, 5.41) is 0. The monoisotopic (exact) mass is 405 g/mol. The van der Waals surface area contributed by atoms with Crippen molar-refractivity contribution in [1.29, 1.82) is 0 Å². The van der Waals surface area contributed by atoms with Crippen LogP contribution in [0.25, 0.3) is 11.1 Å². The number of nitrogens with zero attached hydrogens (tertiary/aromatic N) is 1. The van der Waals surface area contributed by atoms with E-state index in [0.29, 0.717) is 18.4 Å². The highest BCUT2D eigenvalue weighted by atomic mass is 19.4. The molecule has 2 aromatic rings. The number of carbonyl (C=O) groups excluding carboxylic acids is 2. The molecule has 1 aliphatic rings. The summed E-state index contributed by atoms with van der Waals surface area (Å²) in [6, 6.07) is 13.3. The molecule has 1 heterocycles. The molecule has 0 atom stereocenters. The Balaban J connectivity index is 1.71. The fraction of sp³-hybridized carbons (Fsp3) is 0.364. The first-order chi connectivity index (χ1) is 13.7. The van der Waals surface area contributed by atoms with Crippen LogP contribution in [0.1, 0.15) is 40.2 Å². The summed E-state index contributed by atoms with van der Waals surface area (Å²) in [6.07, 6.45) is -3.82. The molecule has 0 radical (unpaired) electrons. The minimum atomic E-state index is -4.81. The topological polar surface area (TPSA) is 46.6 Å². The van der Waals surface area contributed by atoms with Crippen molar-refractivity contribution in [3.8, 4) is 11.1 Å². The van der Waals surface area contributed by atoms with E-state index in [-0.39, 0.29) is 19.0 Å². The molecule has 29 heavy (non-hydrogen) atoms. The standard InChI is InChI=1S/C22H22F3NO3/c1-14-11-18(13-19(12-14)20(27)29-2)16-5-3-15(4-6-16)17-7-9-26(10-8-17)21(28)22(23,24)25/h3-6,11-13,17H,7-10H2,1-2H3. The van der Waals surface area contributed by atoms with Crippen molar-refractivity contribution in [2.45, 2.75) is 31.9 Å². The smallest absolute Gasteiger partial charge is 0.465 e. The minimum absolute atomic E-state index is 0.102. The Labute approximate surface area is 167 Å². The molecule has 3 rings (SSSR count). The molecule has 0 spiro atoms. The zero-order chi connectivity index (χ0) is 21.2. The number of hydrogen-bond donors (Lipinski definition) is 0. The van der Waals surface area contributed by atoms with Crippen LogP contribution in [0.4, 0.5) is 13.2 Å². The van der Waals surface area contributed by atoms with Gasteiger partial charge in [-0.3, -0.25) is 4.79 Å². The molecule has 4 nitrogen and oxygen atoms in total. The van der Waals surface area contributed by atoms with Crippen molar-refractivity contribution in [3.05, 3.63) is 59.2 Å². The summed E-state index contributed by atoms with van der Waals surface area (Å²) in [5.41, 5.74) is 4.28. The first-order valence-electron chi connectivity index (χ1n) is 9.35. The van der Waals surface area contributed by atoms with Gasteiger partial charge in [-0.2, -0.15) is 13.2 Å². The number of likely N-dealkylation sites (tertiary alicyclic amines) is 1. The van der Waals surface area contributed by atoms with Gasteiger partial charge in [0.15, 0.2) is 0 Å². The Hall–Kier alpha value is -2.83. The van der Waals surface area contributed by atoms with Crippen molar-refractivity contribution < 1.29 is 27.5 Å². The van der Waals surface area contributed by atoms with Crippen molar-refractivity contribution in [1.82, 2.24) is 4.90 Å². The molecule has 1 fully saturated rings. The fourth-order valence-corrected chi connectivity index (χ4v) is 3.73. The lowest BCUT2D eigenvalue weighted by molar-refractivity contribution is -0.186. The third-order valence-corrected chi connectivity index (χ3v) is 5.24. The third-order valence-electron chi connectivity index (χ3n) is 5.24. The second-order valence-electron chi connectivity index (χ2n) is 7.27. The van der Waals surface area contributed by atoms with Crippen LogP contribution in [0.15, 0.2) is 42.5 Å². The predicted molar refractivity (Wildman–Crippen MR) is 103 cm³/mol. The summed E-state index contributed by atoms with van der Waals surface area (Å²) in [7, 11) is 1.34. The number of methoxy groups -OCH3 is 1. The number of rotatable bonds is 3. The lowest BCUT2D eigenvalue weighted by atomic mass is 9.88. The van der Waals surface area contributed by atoms with Crippen LogP contribution in [0, 0.1) is 6.92 Å². The second-order valence-corrected chi connectivity index (χ2v) is 7.27. The number of benzene rings is 2. The summed E-state index contributed by atoms with van der Waals surface area (Å²) in [5.74, 6) is -2.04. The zero-order valence-electron chi connectivity index (χ0n) is 16.3. The molecule has 0 unspecified atom stereocenters. The molecule has 0 N–H and O–H groups in total. The van der Waals surface area contributed by atoms with Gasteiger partial charge in [0.05, 0.1) is 12.7 Å². The highest BCUT2D eigenvalue weighted by molar-refractivity contribution is 5.91. The molecular weight excluding hydrogens is 383 g/mol. The molecule has 0 aromatic heterocycles. The average molecular weight is 405 g/mol. The van der Waals surface area contributed by atoms with Crippen molar-refractivity contribution in [3.63, 3.8) is 0 Å². The summed E-state index contributed by atoms with van der Waals surface area (Å²) >= 11 is 0. The van der Waals surface area contributed by atoms with Gasteiger partial charge >= 0.3 is 18.1 Å². The quantitative estimate of drug-likeness (QED) is 0.695. The van der Waals surface area contributed by atoms with Crippen LogP contribution >= 0.6 is 0 Å². The van der Waals surface area contributed by atoms with Crippen LogP contribution < -0.4 is 0 Å². The van der Waals surface area contributed by atoms with Crippen molar-refractivity contribution >= 4 is 11.9 Å². The molecule has 2 aromatic carbocycles. The predicted octanol–water partition coefficient (Wildman–Crippen LogP) is 4.72. The first-order valence-corrected chi connectivity index (χ1v) is 9.35. The number of esters is 1. The van der Waals surface area contributed by atoms with Gasteiger partial charge in [-0.15, -0.1) is 0 Å². The number of amides is 1. The molecular formula is C22H22F3NO3. The van der Waals surface area contributed by atoms with Crippen LogP contribution in [-0.2, 0) is 9.53 Å². The Morgan fingerprint density at radius 1 is 1.00 bits per heavy atom. The highest BCUT2D eigenvalue weighted by Gasteiger charge is 2.43. The number of piperidine rings is 1. The number of alkyl halides is 3. The van der Waals surface area contributed by atoms with E-state index < -0.39 is 18.1 Å². The summed E-state index contributed by atoms with van der Waals surface area (Å²) in [6.45, 7) is 2.11. The number of aryl methyl sites for hydroxylation is 1. The van der Waals surface area contributed by atoms with Crippen molar-refractivity contribution in [2.75, 3.05) is 20.2 Å². The van der Waals surface area contributed by atoms with Gasteiger partial charge in [0.25, 0.3) is 0 Å². The van der Waals surface area contributed by atoms with Crippen LogP contribution in [-0.4, -0.2) is 43.2 Å². The molecule has 1 amide bonds. The normalized spacial score (nSPS) is 15.3. The summed E-state index contributed by atoms with van der Waals surface area (Å²) < 4.78 is 42.5. The van der Waals surface area contributed by atoms with E-state index in [0.717, 1.165) is 27.2 Å². The number of ether oxygens (including phenoxy) is 1. The Morgan fingerprint density at radius 2 is 1.62 bits per heavy atom. The van der Waals surface area contributed by atoms with Gasteiger partial charge in [-0.1, -0.05) is 30.3 Å². The Bertz CT molecular complexity index is 899. The molecule has 1 saturated heterocycles. The molecule has 1 aliphatic heterocycles. The van der Waals surface area contributed by atoms with Gasteiger partial charge < -0.3 is 9.64 Å². The Kier molecular flexibility index (Phi) is 5.96. The van der Waals surface area contributed by atoms with E-state index in [1.807, 2.05) is 37.3 Å². The van der Waals surface area contributed by atoms with Gasteiger partial charge in [-0.25, -0.2) is 4.79 Å². The second kappa shape index (κ2) is 8.27. The van der Waals surface area contributed by atoms with E-state index >= 15 is 0 Å². The first kappa shape index (κ1) is 20.9. The van der Waals surface area contributed by atoms with E-state index in [1.54, 1.807) is 12.1 Å². The van der Waals surface area contributed by atoms with E-state index in [1.165, 1.54) is 7.11 Å². The lowest BCUT2D eigenvalue weighted by Crippen LogP contribution is -2.45. The van der Waals surface area contributed by atoms with Crippen LogP contribution in [0.2, 0.25) is 0 Å². The van der Waals surface area contributed by atoms with E-state index in [4.69, 9.17) is 4.74 Å². The van der Waals surface area contributed by atoms with Gasteiger partial charge in [0, 0.05) is 13.1 Å². The maximum absolute atomic E-state index is 12.6. The maximum Gasteiger partial charge on any atom is 0.471 e. The molecule has 0 bridgehead atoms. The molecule has 7 heteroatoms. The van der Waals surface area contributed by atoms with Crippen LogP contribution in [0.3, 0.4) is 0 Å². The Morgan fingerprint density at radius 3 is 2.17 bits per heavy atom. The zero-order valence-corrected chi connectivity index (χ0v) is 16.3. The number of hydrogen-bond acceptors (Lipinski definition) is 3. The van der Waals surface area contributed by atoms with Gasteiger partial charge in [-0.05, 0) is 60.1 Å². The molecule has 154 valence electrons. The molecule has 0 saturated carbocycles. The summed E-state index contributed by atoms with van der Waals surface area (Å²) in [4.78, 5) is 24.1. The average Bonchev–Trinajstić information content (AvgIpc) is 2.71. The van der Waals surface area contributed by atoms with E-state index in [2.05, 4.69) is 0 Å². The number of halogens is 3. The molecule has 0 aliphatic carbocycles.